The van der Waals surface area contributed by atoms with Crippen molar-refractivity contribution in [2.24, 2.45) is 5.10 Å². The Balaban J connectivity index is 1.69. The van der Waals surface area contributed by atoms with E-state index in [4.69, 9.17) is 26.4 Å². The van der Waals surface area contributed by atoms with Gasteiger partial charge in [-0.15, -0.1) is 0 Å². The standard InChI is InChI=1S/C19H18N6O3S/c1-26-16-11-17(27-2)24-18(23-16)28-15-9-6-10-20-14(15)12-21-25-19(29)22-13-7-4-3-5-8-13/h3-12H,1-2H3,(H2,22,25,29)/b21-12+. The first-order chi connectivity index (χ1) is 14.2. The third-order valence-corrected chi connectivity index (χ3v) is 3.66. The van der Waals surface area contributed by atoms with Crippen LogP contribution in [0.1, 0.15) is 5.69 Å². The second-order valence-corrected chi connectivity index (χ2v) is 5.82. The molecule has 2 aromatic heterocycles. The smallest absolute Gasteiger partial charge is 0.328 e. The van der Waals surface area contributed by atoms with Gasteiger partial charge in [0, 0.05) is 11.9 Å². The number of hydrogen-bond acceptors (Lipinski definition) is 8. The van der Waals surface area contributed by atoms with Crippen molar-refractivity contribution in [3.8, 4) is 23.5 Å². The summed E-state index contributed by atoms with van der Waals surface area (Å²) >= 11 is 5.21. The van der Waals surface area contributed by atoms with Gasteiger partial charge >= 0.3 is 6.01 Å². The summed E-state index contributed by atoms with van der Waals surface area (Å²) in [4.78, 5) is 12.5. The maximum absolute atomic E-state index is 5.74. The zero-order valence-electron chi connectivity index (χ0n) is 15.7. The average Bonchev–Trinajstić information content (AvgIpc) is 2.75. The summed E-state index contributed by atoms with van der Waals surface area (Å²) in [7, 11) is 2.98. The molecule has 0 amide bonds. The molecule has 10 heteroatoms. The average molecular weight is 410 g/mol. The maximum Gasteiger partial charge on any atom is 0.328 e. The van der Waals surface area contributed by atoms with E-state index >= 15 is 0 Å². The monoisotopic (exact) mass is 410 g/mol. The van der Waals surface area contributed by atoms with E-state index in [0.717, 1.165) is 5.69 Å². The van der Waals surface area contributed by atoms with Crippen molar-refractivity contribution in [2.45, 2.75) is 0 Å². The van der Waals surface area contributed by atoms with Crippen molar-refractivity contribution in [1.82, 2.24) is 20.4 Å². The van der Waals surface area contributed by atoms with Gasteiger partial charge in [-0.1, -0.05) is 18.2 Å². The minimum absolute atomic E-state index is 0.0538. The summed E-state index contributed by atoms with van der Waals surface area (Å²) in [6.07, 6.45) is 3.09. The lowest BCUT2D eigenvalue weighted by atomic mass is 10.3. The molecular formula is C19H18N6O3S. The van der Waals surface area contributed by atoms with Crippen LogP contribution < -0.4 is 25.0 Å². The van der Waals surface area contributed by atoms with Gasteiger partial charge < -0.3 is 19.5 Å². The van der Waals surface area contributed by atoms with Crippen molar-refractivity contribution in [3.05, 3.63) is 60.4 Å². The molecule has 0 radical (unpaired) electrons. The lowest BCUT2D eigenvalue weighted by Crippen LogP contribution is -2.23. The van der Waals surface area contributed by atoms with Crippen LogP contribution in [0.2, 0.25) is 0 Å². The van der Waals surface area contributed by atoms with Crippen molar-refractivity contribution in [3.63, 3.8) is 0 Å². The SMILES string of the molecule is COc1cc(OC)nc(Oc2cccnc2/C=N/NC(=S)Nc2ccccc2)n1. The highest BCUT2D eigenvalue weighted by molar-refractivity contribution is 7.80. The predicted molar refractivity (Wildman–Crippen MR) is 113 cm³/mol. The van der Waals surface area contributed by atoms with Gasteiger partial charge in [0.05, 0.1) is 26.5 Å². The number of methoxy groups -OCH3 is 2. The number of hydrogen-bond donors (Lipinski definition) is 2. The topological polar surface area (TPSA) is 103 Å². The summed E-state index contributed by atoms with van der Waals surface area (Å²) in [6, 6.07) is 14.5. The zero-order valence-corrected chi connectivity index (χ0v) is 16.5. The molecule has 0 aliphatic rings. The number of hydrazone groups is 1. The minimum atomic E-state index is 0.0538. The van der Waals surface area contributed by atoms with E-state index in [-0.39, 0.29) is 6.01 Å². The van der Waals surface area contributed by atoms with E-state index in [1.807, 2.05) is 30.3 Å². The molecule has 1 aromatic carbocycles. The largest absolute Gasteiger partial charge is 0.481 e. The van der Waals surface area contributed by atoms with E-state index < -0.39 is 0 Å². The van der Waals surface area contributed by atoms with Gasteiger partial charge in [-0.2, -0.15) is 15.1 Å². The van der Waals surface area contributed by atoms with Gasteiger partial charge in [0.15, 0.2) is 10.9 Å². The van der Waals surface area contributed by atoms with Crippen molar-refractivity contribution < 1.29 is 14.2 Å². The maximum atomic E-state index is 5.74. The number of thiocarbonyl (C=S) groups is 1. The van der Waals surface area contributed by atoms with Crippen LogP contribution >= 0.6 is 12.2 Å². The fourth-order valence-electron chi connectivity index (χ4n) is 2.16. The predicted octanol–water partition coefficient (Wildman–Crippen LogP) is 3.00. The number of nitrogens with zero attached hydrogens (tertiary/aromatic N) is 4. The molecule has 0 bridgehead atoms. The Hall–Kier alpha value is -3.79. The molecule has 29 heavy (non-hydrogen) atoms. The van der Waals surface area contributed by atoms with Crippen LogP contribution in [0.4, 0.5) is 5.69 Å². The number of pyridine rings is 1. The van der Waals surface area contributed by atoms with E-state index in [9.17, 15) is 0 Å². The third kappa shape index (κ3) is 5.84. The van der Waals surface area contributed by atoms with E-state index in [2.05, 4.69) is 30.8 Å². The van der Waals surface area contributed by atoms with Gasteiger partial charge in [-0.05, 0) is 36.5 Å². The van der Waals surface area contributed by atoms with Crippen LogP contribution in [0.3, 0.4) is 0 Å². The quantitative estimate of drug-likeness (QED) is 0.346. The van der Waals surface area contributed by atoms with Crippen LogP contribution in [0, 0.1) is 0 Å². The molecule has 2 N–H and O–H groups in total. The number of rotatable bonds is 7. The molecule has 0 aliphatic carbocycles. The molecule has 0 saturated carbocycles. The molecule has 0 fully saturated rings. The summed E-state index contributed by atoms with van der Waals surface area (Å²) in [5, 5.41) is 7.45. The van der Waals surface area contributed by atoms with Crippen LogP contribution in [-0.4, -0.2) is 40.5 Å². The van der Waals surface area contributed by atoms with Crippen LogP contribution in [-0.2, 0) is 0 Å². The van der Waals surface area contributed by atoms with Crippen LogP contribution in [0.25, 0.3) is 0 Å². The van der Waals surface area contributed by atoms with Gasteiger partial charge in [0.1, 0.15) is 5.69 Å². The Kier molecular flexibility index (Phi) is 6.85. The summed E-state index contributed by atoms with van der Waals surface area (Å²) in [6.45, 7) is 0. The van der Waals surface area contributed by atoms with E-state index in [1.54, 1.807) is 24.4 Å². The lowest BCUT2D eigenvalue weighted by Gasteiger charge is -2.09. The van der Waals surface area contributed by atoms with Gasteiger partial charge in [-0.25, -0.2) is 0 Å². The zero-order chi connectivity index (χ0) is 20.5. The summed E-state index contributed by atoms with van der Waals surface area (Å²) < 4.78 is 16.0. The molecular weight excluding hydrogens is 392 g/mol. The molecule has 0 saturated heterocycles. The molecule has 0 atom stereocenters. The molecule has 0 unspecified atom stereocenters. The Bertz CT molecular complexity index is 978. The summed E-state index contributed by atoms with van der Waals surface area (Å²) in [5.41, 5.74) is 4.03. The third-order valence-electron chi connectivity index (χ3n) is 3.46. The van der Waals surface area contributed by atoms with E-state index in [1.165, 1.54) is 20.4 Å². The van der Waals surface area contributed by atoms with Crippen molar-refractivity contribution in [1.29, 1.82) is 0 Å². The van der Waals surface area contributed by atoms with Gasteiger partial charge in [-0.3, -0.25) is 10.4 Å². The molecule has 3 rings (SSSR count). The molecule has 2 heterocycles. The normalized spacial score (nSPS) is 10.4. The fraction of sp³-hybridized carbons (Fsp3) is 0.105. The van der Waals surface area contributed by atoms with Gasteiger partial charge in [0.25, 0.3) is 0 Å². The highest BCUT2D eigenvalue weighted by atomic mass is 32.1. The Labute approximate surface area is 172 Å². The number of para-hydroxylation sites is 1. The first-order valence-corrected chi connectivity index (χ1v) is 8.84. The van der Waals surface area contributed by atoms with Crippen LogP contribution in [0.5, 0.6) is 23.5 Å². The minimum Gasteiger partial charge on any atom is -0.481 e. The fourth-order valence-corrected chi connectivity index (χ4v) is 2.33. The van der Waals surface area contributed by atoms with E-state index in [0.29, 0.717) is 28.3 Å². The first kappa shape index (κ1) is 20.0. The number of nitrogens with one attached hydrogen (secondary N) is 2. The Morgan fingerprint density at radius 3 is 2.45 bits per heavy atom. The lowest BCUT2D eigenvalue weighted by molar-refractivity contribution is 0.347. The second-order valence-electron chi connectivity index (χ2n) is 5.41. The molecule has 0 aliphatic heterocycles. The molecule has 9 nitrogen and oxygen atoms in total. The molecule has 3 aromatic rings. The van der Waals surface area contributed by atoms with Crippen LogP contribution in [0.15, 0.2) is 59.8 Å². The van der Waals surface area contributed by atoms with Crippen molar-refractivity contribution >= 4 is 29.2 Å². The summed E-state index contributed by atoms with van der Waals surface area (Å²) in [5.74, 6) is 1.02. The second kappa shape index (κ2) is 9.95. The molecule has 0 spiro atoms. The first-order valence-electron chi connectivity index (χ1n) is 8.43. The van der Waals surface area contributed by atoms with Gasteiger partial charge in [0.2, 0.25) is 11.8 Å². The number of aromatic nitrogens is 3. The number of anilines is 1. The highest BCUT2D eigenvalue weighted by Crippen LogP contribution is 2.24. The Morgan fingerprint density at radius 1 is 1.03 bits per heavy atom. The highest BCUT2D eigenvalue weighted by Gasteiger charge is 2.10. The number of benzene rings is 1. The Morgan fingerprint density at radius 2 is 1.76 bits per heavy atom. The van der Waals surface area contributed by atoms with Crippen molar-refractivity contribution in [2.75, 3.05) is 19.5 Å². The molecule has 148 valence electrons. The number of ether oxygens (including phenoxy) is 3.